The molecule has 0 fully saturated rings. The summed E-state index contributed by atoms with van der Waals surface area (Å²) in [6.07, 6.45) is 1.44. The van der Waals surface area contributed by atoms with Crippen LogP contribution in [0.1, 0.15) is 16.8 Å². The smallest absolute Gasteiger partial charge is 0.306 e. The highest BCUT2D eigenvalue weighted by molar-refractivity contribution is 5.61. The molecule has 2 heterocycles. The third-order valence-corrected chi connectivity index (χ3v) is 4.61. The molecule has 0 saturated heterocycles. The number of anilines is 1. The molecule has 0 bridgehead atoms. The number of hydrogen-bond acceptors (Lipinski definition) is 3. The molecule has 0 amide bonds. The van der Waals surface area contributed by atoms with Gasteiger partial charge in [0.2, 0.25) is 0 Å². The number of aromatic amines is 1. The molecule has 0 aliphatic heterocycles. The molecule has 0 aliphatic rings. The first-order chi connectivity index (χ1) is 13.9. The summed E-state index contributed by atoms with van der Waals surface area (Å²) in [5.74, 6) is 0. The van der Waals surface area contributed by atoms with Gasteiger partial charge in [0.1, 0.15) is 0 Å². The summed E-state index contributed by atoms with van der Waals surface area (Å²) in [6, 6.07) is 14.5. The molecule has 0 aliphatic carbocycles. The van der Waals surface area contributed by atoms with E-state index in [9.17, 15) is 13.2 Å². The Morgan fingerprint density at radius 1 is 1.07 bits per heavy atom. The van der Waals surface area contributed by atoms with Crippen LogP contribution >= 0.6 is 0 Å². The maximum absolute atomic E-state index is 12.5. The lowest BCUT2D eigenvalue weighted by Gasteiger charge is -2.12. The van der Waals surface area contributed by atoms with Gasteiger partial charge >= 0.3 is 6.30 Å². The summed E-state index contributed by atoms with van der Waals surface area (Å²) in [7, 11) is 0. The van der Waals surface area contributed by atoms with Crippen LogP contribution in [-0.2, 0) is 6.42 Å². The molecule has 0 spiro atoms. The van der Waals surface area contributed by atoms with Gasteiger partial charge in [-0.1, -0.05) is 18.2 Å². The van der Waals surface area contributed by atoms with Crippen molar-refractivity contribution in [2.45, 2.75) is 19.6 Å². The zero-order valence-electron chi connectivity index (χ0n) is 15.5. The first-order valence-electron chi connectivity index (χ1n) is 8.95. The summed E-state index contributed by atoms with van der Waals surface area (Å²) in [5, 5.41) is 8.91. The van der Waals surface area contributed by atoms with Crippen LogP contribution in [0.2, 0.25) is 0 Å². The topological polar surface area (TPSA) is 58.5 Å². The Labute approximate surface area is 165 Å². The molecule has 4 aromatic rings. The van der Waals surface area contributed by atoms with Gasteiger partial charge in [0, 0.05) is 41.4 Å². The number of nitrogens with one attached hydrogen (secondary N) is 2. The van der Waals surface area contributed by atoms with E-state index in [0.717, 1.165) is 33.8 Å². The second-order valence-electron chi connectivity index (χ2n) is 6.74. The highest BCUT2D eigenvalue weighted by Crippen LogP contribution is 2.25. The third kappa shape index (κ3) is 4.48. The van der Waals surface area contributed by atoms with Gasteiger partial charge in [0.15, 0.2) is 0 Å². The summed E-state index contributed by atoms with van der Waals surface area (Å²) >= 11 is 0. The molecular weight excluding hydrogens is 379 g/mol. The van der Waals surface area contributed by atoms with Crippen molar-refractivity contribution < 1.29 is 13.2 Å². The van der Waals surface area contributed by atoms with Crippen LogP contribution in [-0.4, -0.2) is 26.0 Å². The van der Waals surface area contributed by atoms with Crippen LogP contribution in [0, 0.1) is 6.92 Å². The number of H-pyrrole nitrogens is 1. The molecule has 29 heavy (non-hydrogen) atoms. The number of aromatic nitrogens is 4. The number of aryl methyl sites for hydroxylation is 1. The van der Waals surface area contributed by atoms with E-state index in [1.165, 1.54) is 17.4 Å². The summed E-state index contributed by atoms with van der Waals surface area (Å²) in [5.41, 5.74) is 5.41. The Morgan fingerprint density at radius 2 is 1.86 bits per heavy atom. The highest BCUT2D eigenvalue weighted by Gasteiger charge is 2.27. The van der Waals surface area contributed by atoms with Crippen LogP contribution in [0.15, 0.2) is 67.3 Å². The van der Waals surface area contributed by atoms with Gasteiger partial charge in [-0.2, -0.15) is 18.3 Å². The fourth-order valence-electron chi connectivity index (χ4n) is 3.16. The lowest BCUT2D eigenvalue weighted by molar-refractivity contribution is -0.0999. The molecule has 0 atom stereocenters. The molecule has 2 aromatic carbocycles. The Kier molecular flexibility index (Phi) is 4.84. The van der Waals surface area contributed by atoms with Crippen molar-refractivity contribution in [2.75, 3.05) is 5.32 Å². The van der Waals surface area contributed by atoms with Crippen LogP contribution in [0.4, 0.5) is 18.9 Å². The van der Waals surface area contributed by atoms with Crippen LogP contribution in [0.25, 0.3) is 16.9 Å². The molecule has 0 radical (unpaired) electrons. The Bertz CT molecular complexity index is 1100. The van der Waals surface area contributed by atoms with E-state index in [1.54, 1.807) is 25.5 Å². The van der Waals surface area contributed by atoms with Crippen LogP contribution in [0.3, 0.4) is 0 Å². The van der Waals surface area contributed by atoms with Gasteiger partial charge in [-0.15, -0.1) is 0 Å². The Morgan fingerprint density at radius 3 is 2.52 bits per heavy atom. The maximum Gasteiger partial charge on any atom is 0.482 e. The summed E-state index contributed by atoms with van der Waals surface area (Å²) < 4.78 is 39.3. The zero-order valence-corrected chi connectivity index (χ0v) is 15.5. The average Bonchev–Trinajstić information content (AvgIpc) is 3.35. The second-order valence-corrected chi connectivity index (χ2v) is 6.74. The fraction of sp³-hybridized carbons (Fsp3) is 0.143. The number of halogens is 3. The number of nitrogens with zero attached hydrogens (tertiary/aromatic N) is 3. The minimum Gasteiger partial charge on any atom is -0.306 e. The minimum absolute atomic E-state index is 0.0297. The Hall–Kier alpha value is -3.55. The SMILES string of the molecule is Cc1cc(NC(F)(F)F)ccc1Cc1cc(-c2ccc(-n3ccnc3)cc2)n[nH]1. The zero-order chi connectivity index (χ0) is 20.4. The van der Waals surface area contributed by atoms with Crippen molar-refractivity contribution in [1.29, 1.82) is 0 Å². The van der Waals surface area contributed by atoms with Gasteiger partial charge < -0.3 is 4.57 Å². The van der Waals surface area contributed by atoms with Crippen molar-refractivity contribution in [2.24, 2.45) is 0 Å². The van der Waals surface area contributed by atoms with E-state index >= 15 is 0 Å². The van der Waals surface area contributed by atoms with E-state index in [1.807, 2.05) is 41.1 Å². The van der Waals surface area contributed by atoms with Crippen molar-refractivity contribution in [1.82, 2.24) is 19.7 Å². The van der Waals surface area contributed by atoms with E-state index in [-0.39, 0.29) is 5.69 Å². The Balaban J connectivity index is 1.48. The largest absolute Gasteiger partial charge is 0.482 e. The average molecular weight is 397 g/mol. The second kappa shape index (κ2) is 7.46. The highest BCUT2D eigenvalue weighted by atomic mass is 19.4. The molecule has 2 aromatic heterocycles. The van der Waals surface area contributed by atoms with Gasteiger partial charge in [-0.3, -0.25) is 10.4 Å². The van der Waals surface area contributed by atoms with Gasteiger partial charge in [0.05, 0.1) is 12.0 Å². The minimum atomic E-state index is -4.44. The summed E-state index contributed by atoms with van der Waals surface area (Å²) in [6.45, 7) is 1.79. The number of benzene rings is 2. The van der Waals surface area contributed by atoms with E-state index < -0.39 is 6.30 Å². The molecule has 0 saturated carbocycles. The first-order valence-corrected chi connectivity index (χ1v) is 8.95. The number of imidazole rings is 1. The monoisotopic (exact) mass is 397 g/mol. The standard InChI is InChI=1S/C21H18F3N5/c1-14-10-17(26-21(22,23)24)5-2-16(14)11-18-12-20(28-27-18)15-3-6-19(7-4-15)29-9-8-25-13-29/h2-10,12-13,26H,11H2,1H3,(H,27,28). The predicted molar refractivity (Wildman–Crippen MR) is 105 cm³/mol. The maximum atomic E-state index is 12.5. The molecule has 2 N–H and O–H groups in total. The van der Waals surface area contributed by atoms with E-state index in [0.29, 0.717) is 6.42 Å². The van der Waals surface area contributed by atoms with E-state index in [2.05, 4.69) is 15.2 Å². The number of rotatable bonds is 5. The van der Waals surface area contributed by atoms with Gasteiger partial charge in [0.25, 0.3) is 0 Å². The van der Waals surface area contributed by atoms with E-state index in [4.69, 9.17) is 0 Å². The summed E-state index contributed by atoms with van der Waals surface area (Å²) in [4.78, 5) is 4.04. The number of alkyl halides is 3. The first kappa shape index (κ1) is 18.8. The van der Waals surface area contributed by atoms with Gasteiger partial charge in [-0.25, -0.2) is 4.98 Å². The van der Waals surface area contributed by atoms with Crippen molar-refractivity contribution in [3.63, 3.8) is 0 Å². The predicted octanol–water partition coefficient (Wildman–Crippen LogP) is 5.09. The third-order valence-electron chi connectivity index (χ3n) is 4.61. The molecule has 8 heteroatoms. The fourth-order valence-corrected chi connectivity index (χ4v) is 3.16. The quantitative estimate of drug-likeness (QED) is 0.461. The van der Waals surface area contributed by atoms with Crippen molar-refractivity contribution >= 4 is 5.69 Å². The molecule has 148 valence electrons. The number of hydrogen-bond donors (Lipinski definition) is 2. The van der Waals surface area contributed by atoms with Crippen LogP contribution < -0.4 is 5.32 Å². The molecule has 5 nitrogen and oxygen atoms in total. The van der Waals surface area contributed by atoms with Crippen molar-refractivity contribution in [3.05, 3.63) is 84.1 Å². The molecular formula is C21H18F3N5. The lowest BCUT2D eigenvalue weighted by Crippen LogP contribution is -2.20. The molecule has 4 rings (SSSR count). The lowest BCUT2D eigenvalue weighted by atomic mass is 10.0. The van der Waals surface area contributed by atoms with Gasteiger partial charge in [-0.05, 0) is 48.4 Å². The molecule has 0 unspecified atom stereocenters. The van der Waals surface area contributed by atoms with Crippen LogP contribution in [0.5, 0.6) is 0 Å². The normalized spacial score (nSPS) is 11.6. The van der Waals surface area contributed by atoms with Crippen molar-refractivity contribution in [3.8, 4) is 16.9 Å².